The van der Waals surface area contributed by atoms with Gasteiger partial charge in [-0.2, -0.15) is 4.98 Å². The first-order valence-corrected chi connectivity index (χ1v) is 5.65. The Morgan fingerprint density at radius 3 is 2.94 bits per heavy atom. The second kappa shape index (κ2) is 4.51. The van der Waals surface area contributed by atoms with Gasteiger partial charge in [0.05, 0.1) is 13.2 Å². The predicted molar refractivity (Wildman–Crippen MR) is 59.0 cm³/mol. The third-order valence-corrected chi connectivity index (χ3v) is 3.07. The number of nitrogens with one attached hydrogen (secondary N) is 1. The Morgan fingerprint density at radius 2 is 2.31 bits per heavy atom. The molecular formula is C11H19N3O2. The average molecular weight is 225 g/mol. The maximum atomic E-state index is 5.18. The lowest BCUT2D eigenvalue weighted by atomic mass is 10.1. The maximum Gasteiger partial charge on any atom is 0.240 e. The molecule has 0 saturated heterocycles. The molecule has 1 heterocycles. The Kier molecular flexibility index (Phi) is 3.25. The molecule has 0 amide bonds. The summed E-state index contributed by atoms with van der Waals surface area (Å²) in [5, 5.41) is 7.19. The summed E-state index contributed by atoms with van der Waals surface area (Å²) in [4.78, 5) is 4.38. The third kappa shape index (κ3) is 2.59. The first-order valence-electron chi connectivity index (χ1n) is 5.65. The van der Waals surface area contributed by atoms with Crippen molar-refractivity contribution in [1.29, 1.82) is 0 Å². The first-order chi connectivity index (χ1) is 7.63. The van der Waals surface area contributed by atoms with Crippen LogP contribution in [0.1, 0.15) is 37.9 Å². The minimum atomic E-state index is 0.352. The fourth-order valence-electron chi connectivity index (χ4n) is 1.76. The van der Waals surface area contributed by atoms with E-state index in [-0.39, 0.29) is 0 Å². The van der Waals surface area contributed by atoms with Crippen LogP contribution in [0.25, 0.3) is 0 Å². The fraction of sp³-hybridized carbons (Fsp3) is 0.818. The largest absolute Gasteiger partial charge is 0.383 e. The summed E-state index contributed by atoms with van der Waals surface area (Å²) in [7, 11) is 1.68. The molecule has 0 aromatic carbocycles. The van der Waals surface area contributed by atoms with Crippen molar-refractivity contribution in [1.82, 2.24) is 15.5 Å². The molecule has 0 spiro atoms. The lowest BCUT2D eigenvalue weighted by Gasteiger charge is -1.98. The summed E-state index contributed by atoms with van der Waals surface area (Å²) < 4.78 is 10.1. The van der Waals surface area contributed by atoms with Crippen molar-refractivity contribution in [3.63, 3.8) is 0 Å². The summed E-state index contributed by atoms with van der Waals surface area (Å²) in [6.45, 7) is 6.55. The molecule has 1 aromatic rings. The van der Waals surface area contributed by atoms with E-state index < -0.39 is 0 Å². The van der Waals surface area contributed by atoms with Crippen molar-refractivity contribution < 1.29 is 9.26 Å². The first kappa shape index (κ1) is 11.5. The number of hydrogen-bond acceptors (Lipinski definition) is 5. The molecule has 0 aliphatic heterocycles. The number of rotatable bonds is 6. The van der Waals surface area contributed by atoms with E-state index in [2.05, 4.69) is 29.3 Å². The van der Waals surface area contributed by atoms with E-state index in [4.69, 9.17) is 9.26 Å². The number of hydrogen-bond donors (Lipinski definition) is 1. The van der Waals surface area contributed by atoms with Crippen molar-refractivity contribution in [2.45, 2.75) is 32.7 Å². The van der Waals surface area contributed by atoms with Gasteiger partial charge in [0.2, 0.25) is 5.89 Å². The molecule has 0 bridgehead atoms. The van der Waals surface area contributed by atoms with Gasteiger partial charge in [-0.3, -0.25) is 0 Å². The predicted octanol–water partition coefficient (Wildman–Crippen LogP) is 1.32. The van der Waals surface area contributed by atoms with Crippen molar-refractivity contribution in [2.75, 3.05) is 20.3 Å². The Labute approximate surface area is 95.6 Å². The van der Waals surface area contributed by atoms with Crippen LogP contribution in [0.15, 0.2) is 4.52 Å². The van der Waals surface area contributed by atoms with Crippen LogP contribution in [0.4, 0.5) is 0 Å². The minimum absolute atomic E-state index is 0.352. The zero-order valence-corrected chi connectivity index (χ0v) is 10.1. The lowest BCUT2D eigenvalue weighted by Crippen LogP contribution is -2.18. The highest BCUT2D eigenvalue weighted by Crippen LogP contribution is 2.57. The zero-order chi connectivity index (χ0) is 11.6. The molecule has 1 aliphatic rings. The molecule has 1 aliphatic carbocycles. The summed E-state index contributed by atoms with van der Waals surface area (Å²) >= 11 is 0. The molecule has 1 N–H and O–H groups in total. The van der Waals surface area contributed by atoms with Crippen molar-refractivity contribution in [3.8, 4) is 0 Å². The second-order valence-corrected chi connectivity index (χ2v) is 4.96. The molecular weight excluding hydrogens is 206 g/mol. The molecule has 1 saturated carbocycles. The molecule has 1 aromatic heterocycles. The fourth-order valence-corrected chi connectivity index (χ4v) is 1.76. The van der Waals surface area contributed by atoms with Gasteiger partial charge in [0, 0.05) is 19.6 Å². The molecule has 5 nitrogen and oxygen atoms in total. The standard InChI is InChI=1S/C11H19N3O2/c1-11(2)6-8(11)10-13-9(16-14-10)7-12-4-5-15-3/h8,12H,4-7H2,1-3H3. The Hall–Kier alpha value is -0.940. The van der Waals surface area contributed by atoms with Gasteiger partial charge in [-0.25, -0.2) is 0 Å². The van der Waals surface area contributed by atoms with E-state index in [1.54, 1.807) is 7.11 Å². The van der Waals surface area contributed by atoms with Gasteiger partial charge < -0.3 is 14.6 Å². The highest BCUT2D eigenvalue weighted by molar-refractivity contribution is 5.14. The Morgan fingerprint density at radius 1 is 1.56 bits per heavy atom. The van der Waals surface area contributed by atoms with Gasteiger partial charge in [-0.1, -0.05) is 19.0 Å². The number of ether oxygens (including phenoxy) is 1. The van der Waals surface area contributed by atoms with Gasteiger partial charge in [0.1, 0.15) is 0 Å². The van der Waals surface area contributed by atoms with Gasteiger partial charge in [0.15, 0.2) is 5.82 Å². The summed E-state index contributed by atoms with van der Waals surface area (Å²) in [6, 6.07) is 0. The Bertz CT molecular complexity index is 349. The topological polar surface area (TPSA) is 60.2 Å². The van der Waals surface area contributed by atoms with Crippen molar-refractivity contribution >= 4 is 0 Å². The van der Waals surface area contributed by atoms with Crippen LogP contribution in [0.2, 0.25) is 0 Å². The van der Waals surface area contributed by atoms with Crippen LogP contribution in [0, 0.1) is 5.41 Å². The minimum Gasteiger partial charge on any atom is -0.383 e. The SMILES string of the molecule is COCCNCc1nc(C2CC2(C)C)no1. The van der Waals surface area contributed by atoms with E-state index in [1.165, 1.54) is 0 Å². The number of nitrogens with zero attached hydrogens (tertiary/aromatic N) is 2. The number of aromatic nitrogens is 2. The van der Waals surface area contributed by atoms with Crippen LogP contribution < -0.4 is 5.32 Å². The zero-order valence-electron chi connectivity index (χ0n) is 10.1. The normalized spacial score (nSPS) is 22.3. The molecule has 0 radical (unpaired) electrons. The smallest absolute Gasteiger partial charge is 0.240 e. The van der Waals surface area contributed by atoms with E-state index in [0.717, 1.165) is 18.8 Å². The van der Waals surface area contributed by atoms with Crippen LogP contribution in [-0.2, 0) is 11.3 Å². The monoisotopic (exact) mass is 225 g/mol. The molecule has 90 valence electrons. The van der Waals surface area contributed by atoms with Gasteiger partial charge in [0.25, 0.3) is 0 Å². The lowest BCUT2D eigenvalue weighted by molar-refractivity contribution is 0.197. The van der Waals surface area contributed by atoms with E-state index in [0.29, 0.717) is 30.4 Å². The van der Waals surface area contributed by atoms with Gasteiger partial charge in [-0.15, -0.1) is 0 Å². The van der Waals surface area contributed by atoms with E-state index in [1.807, 2.05) is 0 Å². The summed E-state index contributed by atoms with van der Waals surface area (Å²) in [6.07, 6.45) is 1.16. The average Bonchev–Trinajstić information content (AvgIpc) is 2.70. The van der Waals surface area contributed by atoms with Gasteiger partial charge in [-0.05, 0) is 11.8 Å². The Balaban J connectivity index is 1.79. The van der Waals surface area contributed by atoms with Crippen LogP contribution in [-0.4, -0.2) is 30.4 Å². The van der Waals surface area contributed by atoms with Gasteiger partial charge >= 0.3 is 0 Å². The van der Waals surface area contributed by atoms with Crippen molar-refractivity contribution in [2.24, 2.45) is 5.41 Å². The van der Waals surface area contributed by atoms with Crippen LogP contribution in [0.3, 0.4) is 0 Å². The highest BCUT2D eigenvalue weighted by atomic mass is 16.5. The third-order valence-electron chi connectivity index (χ3n) is 3.07. The van der Waals surface area contributed by atoms with Crippen LogP contribution in [0.5, 0.6) is 0 Å². The summed E-state index contributed by atoms with van der Waals surface area (Å²) in [5.41, 5.74) is 0.352. The van der Waals surface area contributed by atoms with E-state index in [9.17, 15) is 0 Å². The molecule has 1 unspecified atom stereocenters. The molecule has 5 heteroatoms. The number of methoxy groups -OCH3 is 1. The molecule has 1 atom stereocenters. The quantitative estimate of drug-likeness (QED) is 0.740. The maximum absolute atomic E-state index is 5.18. The second-order valence-electron chi connectivity index (χ2n) is 4.96. The van der Waals surface area contributed by atoms with Crippen molar-refractivity contribution in [3.05, 3.63) is 11.7 Å². The highest BCUT2D eigenvalue weighted by Gasteiger charge is 2.49. The molecule has 16 heavy (non-hydrogen) atoms. The van der Waals surface area contributed by atoms with Crippen LogP contribution >= 0.6 is 0 Å². The molecule has 2 rings (SSSR count). The van der Waals surface area contributed by atoms with E-state index >= 15 is 0 Å². The summed E-state index contributed by atoms with van der Waals surface area (Å²) in [5.74, 6) is 1.99. The molecule has 1 fully saturated rings.